The van der Waals surface area contributed by atoms with Crippen LogP contribution >= 0.6 is 0 Å². The number of benzene rings is 1. The summed E-state index contributed by atoms with van der Waals surface area (Å²) >= 11 is 0. The molecular formula is C12H18N4. The Balaban J connectivity index is 1.89. The van der Waals surface area contributed by atoms with Gasteiger partial charge in [0.15, 0.2) is 0 Å². The van der Waals surface area contributed by atoms with E-state index in [0.717, 1.165) is 18.2 Å². The van der Waals surface area contributed by atoms with E-state index in [9.17, 15) is 0 Å². The Morgan fingerprint density at radius 2 is 2.06 bits per heavy atom. The molecule has 86 valence electrons. The topological polar surface area (TPSA) is 62.4 Å². The van der Waals surface area contributed by atoms with Crippen molar-refractivity contribution < 1.29 is 0 Å². The number of aliphatic imine (C=N–C) groups is 1. The van der Waals surface area contributed by atoms with Crippen LogP contribution in [0.3, 0.4) is 0 Å². The molecule has 1 saturated carbocycles. The third-order valence-electron chi connectivity index (χ3n) is 2.91. The average molecular weight is 218 g/mol. The molecule has 1 aromatic carbocycles. The van der Waals surface area contributed by atoms with Crippen LogP contribution in [0.2, 0.25) is 0 Å². The van der Waals surface area contributed by atoms with Gasteiger partial charge in [-0.15, -0.1) is 0 Å². The second kappa shape index (κ2) is 5.51. The highest BCUT2D eigenvalue weighted by atomic mass is 15.3. The Bertz CT molecular complexity index is 343. The van der Waals surface area contributed by atoms with Gasteiger partial charge in [0.05, 0.1) is 0 Å². The van der Waals surface area contributed by atoms with Crippen molar-refractivity contribution in [3.8, 4) is 0 Å². The van der Waals surface area contributed by atoms with E-state index in [1.165, 1.54) is 19.3 Å². The van der Waals surface area contributed by atoms with Crippen LogP contribution in [0.25, 0.3) is 0 Å². The van der Waals surface area contributed by atoms with Gasteiger partial charge in [0, 0.05) is 12.2 Å². The zero-order valence-electron chi connectivity index (χ0n) is 9.32. The lowest BCUT2D eigenvalue weighted by Gasteiger charge is -2.23. The summed E-state index contributed by atoms with van der Waals surface area (Å²) in [6.45, 7) is 0.860. The quantitative estimate of drug-likeness (QED) is 0.313. The second-order valence-electron chi connectivity index (χ2n) is 4.12. The molecule has 0 aromatic heterocycles. The van der Waals surface area contributed by atoms with Crippen LogP contribution in [0.5, 0.6) is 0 Å². The third kappa shape index (κ3) is 2.97. The fraction of sp³-hybridized carbons (Fsp3) is 0.417. The fourth-order valence-corrected chi connectivity index (χ4v) is 1.68. The van der Waals surface area contributed by atoms with Crippen LogP contribution in [0.15, 0.2) is 35.3 Å². The number of hydrogen-bond donors (Lipinski definition) is 3. The first-order chi connectivity index (χ1) is 7.88. The highest BCUT2D eigenvalue weighted by Crippen LogP contribution is 2.26. The summed E-state index contributed by atoms with van der Waals surface area (Å²) in [5.74, 6) is 6.81. The SMILES string of the molecule is NNC(=NCC1CCC1)Nc1ccccc1. The largest absolute Gasteiger partial charge is 0.325 e. The summed E-state index contributed by atoms with van der Waals surface area (Å²) in [6, 6.07) is 9.89. The minimum atomic E-state index is 0.637. The first kappa shape index (κ1) is 11.0. The lowest BCUT2D eigenvalue weighted by Crippen LogP contribution is -2.37. The summed E-state index contributed by atoms with van der Waals surface area (Å²) in [5, 5.41) is 3.15. The van der Waals surface area contributed by atoms with Crippen molar-refractivity contribution in [1.82, 2.24) is 5.43 Å². The number of hydrazine groups is 1. The minimum absolute atomic E-state index is 0.637. The van der Waals surface area contributed by atoms with Gasteiger partial charge >= 0.3 is 0 Å². The van der Waals surface area contributed by atoms with E-state index in [-0.39, 0.29) is 0 Å². The van der Waals surface area contributed by atoms with Crippen molar-refractivity contribution in [2.24, 2.45) is 16.8 Å². The maximum absolute atomic E-state index is 5.42. The lowest BCUT2D eigenvalue weighted by atomic mass is 9.86. The molecule has 16 heavy (non-hydrogen) atoms. The molecule has 1 fully saturated rings. The Morgan fingerprint density at radius 3 is 2.62 bits per heavy atom. The number of guanidine groups is 1. The van der Waals surface area contributed by atoms with Crippen LogP contribution in [0.1, 0.15) is 19.3 Å². The van der Waals surface area contributed by atoms with Gasteiger partial charge in [-0.3, -0.25) is 10.4 Å². The monoisotopic (exact) mass is 218 g/mol. The van der Waals surface area contributed by atoms with Gasteiger partial charge in [0.25, 0.3) is 0 Å². The molecule has 4 heteroatoms. The van der Waals surface area contributed by atoms with Crippen molar-refractivity contribution in [1.29, 1.82) is 0 Å². The van der Waals surface area contributed by atoms with E-state index in [1.807, 2.05) is 30.3 Å². The highest BCUT2D eigenvalue weighted by Gasteiger charge is 2.16. The maximum atomic E-state index is 5.42. The summed E-state index contributed by atoms with van der Waals surface area (Å²) in [7, 11) is 0. The molecule has 0 amide bonds. The Morgan fingerprint density at radius 1 is 1.31 bits per heavy atom. The summed E-state index contributed by atoms with van der Waals surface area (Å²) in [6.07, 6.45) is 3.94. The zero-order valence-corrected chi connectivity index (χ0v) is 9.32. The highest BCUT2D eigenvalue weighted by molar-refractivity contribution is 5.93. The van der Waals surface area contributed by atoms with E-state index in [1.54, 1.807) is 0 Å². The standard InChI is InChI=1S/C12H18N4/c13-16-12(14-9-10-5-4-6-10)15-11-7-2-1-3-8-11/h1-3,7-8,10H,4-6,9,13H2,(H2,14,15,16). The molecule has 0 bridgehead atoms. The van der Waals surface area contributed by atoms with Crippen LogP contribution in [-0.4, -0.2) is 12.5 Å². The number of hydrogen-bond acceptors (Lipinski definition) is 2. The number of rotatable bonds is 3. The van der Waals surface area contributed by atoms with E-state index in [0.29, 0.717) is 5.96 Å². The zero-order chi connectivity index (χ0) is 11.2. The second-order valence-corrected chi connectivity index (χ2v) is 4.12. The average Bonchev–Trinajstić information content (AvgIpc) is 2.27. The molecule has 4 N–H and O–H groups in total. The minimum Gasteiger partial charge on any atom is -0.325 e. The van der Waals surface area contributed by atoms with E-state index < -0.39 is 0 Å². The summed E-state index contributed by atoms with van der Waals surface area (Å²) in [5.41, 5.74) is 3.59. The summed E-state index contributed by atoms with van der Waals surface area (Å²) in [4.78, 5) is 4.43. The van der Waals surface area contributed by atoms with Gasteiger partial charge < -0.3 is 5.32 Å². The first-order valence-corrected chi connectivity index (χ1v) is 5.71. The number of para-hydroxylation sites is 1. The molecule has 4 nitrogen and oxygen atoms in total. The van der Waals surface area contributed by atoms with Gasteiger partial charge in [-0.05, 0) is 30.9 Å². The van der Waals surface area contributed by atoms with Crippen LogP contribution in [0.4, 0.5) is 5.69 Å². The predicted octanol–water partition coefficient (Wildman–Crippen LogP) is 1.72. The normalized spacial score (nSPS) is 16.7. The number of anilines is 1. The van der Waals surface area contributed by atoms with Crippen molar-refractivity contribution >= 4 is 11.6 Å². The molecule has 0 heterocycles. The predicted molar refractivity (Wildman–Crippen MR) is 67.0 cm³/mol. The molecule has 1 aromatic rings. The Labute approximate surface area is 95.9 Å². The first-order valence-electron chi connectivity index (χ1n) is 5.71. The summed E-state index contributed by atoms with van der Waals surface area (Å²) < 4.78 is 0. The van der Waals surface area contributed by atoms with Crippen LogP contribution in [-0.2, 0) is 0 Å². The molecule has 0 spiro atoms. The van der Waals surface area contributed by atoms with Gasteiger partial charge in [0.1, 0.15) is 0 Å². The molecule has 0 atom stereocenters. The van der Waals surface area contributed by atoms with Crippen molar-refractivity contribution in [2.45, 2.75) is 19.3 Å². The molecule has 1 aliphatic rings. The van der Waals surface area contributed by atoms with Crippen molar-refractivity contribution in [3.05, 3.63) is 30.3 Å². The number of nitrogens with zero attached hydrogens (tertiary/aromatic N) is 1. The molecule has 0 unspecified atom stereocenters. The molecule has 1 aliphatic carbocycles. The van der Waals surface area contributed by atoms with Crippen LogP contribution in [0, 0.1) is 5.92 Å². The molecule has 0 radical (unpaired) electrons. The van der Waals surface area contributed by atoms with Gasteiger partial charge in [-0.2, -0.15) is 0 Å². The van der Waals surface area contributed by atoms with Gasteiger partial charge in [-0.1, -0.05) is 24.6 Å². The molecular weight excluding hydrogens is 200 g/mol. The smallest absolute Gasteiger partial charge is 0.210 e. The lowest BCUT2D eigenvalue weighted by molar-refractivity contribution is 0.326. The molecule has 2 rings (SSSR count). The van der Waals surface area contributed by atoms with Gasteiger partial charge in [0.2, 0.25) is 5.96 Å². The van der Waals surface area contributed by atoms with Gasteiger partial charge in [-0.25, -0.2) is 5.84 Å². The number of nitrogens with one attached hydrogen (secondary N) is 2. The van der Waals surface area contributed by atoms with E-state index >= 15 is 0 Å². The van der Waals surface area contributed by atoms with E-state index in [2.05, 4.69) is 15.7 Å². The van der Waals surface area contributed by atoms with Crippen molar-refractivity contribution in [2.75, 3.05) is 11.9 Å². The fourth-order valence-electron chi connectivity index (χ4n) is 1.68. The van der Waals surface area contributed by atoms with Crippen LogP contribution < -0.4 is 16.6 Å². The number of nitrogens with two attached hydrogens (primary N) is 1. The maximum Gasteiger partial charge on any atom is 0.210 e. The Kier molecular flexibility index (Phi) is 3.77. The third-order valence-corrected chi connectivity index (χ3v) is 2.91. The van der Waals surface area contributed by atoms with E-state index in [4.69, 9.17) is 5.84 Å². The molecule has 0 aliphatic heterocycles. The molecule has 0 saturated heterocycles. The Hall–Kier alpha value is -1.55. The van der Waals surface area contributed by atoms with Crippen molar-refractivity contribution in [3.63, 3.8) is 0 Å².